The number of anilines is 1. The van der Waals surface area contributed by atoms with Gasteiger partial charge in [-0.05, 0) is 42.5 Å². The fourth-order valence-corrected chi connectivity index (χ4v) is 4.11. The van der Waals surface area contributed by atoms with Crippen LogP contribution in [-0.2, 0) is 10.0 Å². The molecule has 0 unspecified atom stereocenters. The molecule has 1 aromatic carbocycles. The molecule has 1 aromatic heterocycles. The van der Waals surface area contributed by atoms with E-state index in [9.17, 15) is 13.2 Å². The zero-order chi connectivity index (χ0) is 14.9. The van der Waals surface area contributed by atoms with Crippen molar-refractivity contribution in [1.29, 1.82) is 0 Å². The Balaban J connectivity index is 2.44. The number of rotatable bonds is 4. The summed E-state index contributed by atoms with van der Waals surface area (Å²) in [5.74, 6) is -1.25. The Hall–Kier alpha value is -1.86. The molecule has 106 valence electrons. The van der Waals surface area contributed by atoms with E-state index in [1.54, 1.807) is 19.1 Å². The zero-order valence-corrected chi connectivity index (χ0v) is 12.5. The summed E-state index contributed by atoms with van der Waals surface area (Å²) < 4.78 is 27.0. The molecule has 0 atom stereocenters. The third kappa shape index (κ3) is 2.68. The first kappa shape index (κ1) is 14.5. The summed E-state index contributed by atoms with van der Waals surface area (Å²) in [6, 6.07) is 6.56. The van der Waals surface area contributed by atoms with Crippen LogP contribution in [0.5, 0.6) is 0 Å². The van der Waals surface area contributed by atoms with Gasteiger partial charge in [-0.1, -0.05) is 12.1 Å². The maximum Gasteiger partial charge on any atom is 0.347 e. The molecule has 0 bridgehead atoms. The number of thiophene rings is 1. The summed E-state index contributed by atoms with van der Waals surface area (Å²) in [7, 11) is -3.91. The second-order valence-corrected chi connectivity index (χ2v) is 6.84. The summed E-state index contributed by atoms with van der Waals surface area (Å²) in [5, 5.41) is 10.4. The fraction of sp³-hybridized carbons (Fsp3) is 0.154. The van der Waals surface area contributed by atoms with E-state index < -0.39 is 16.0 Å². The standard InChI is InChI=1S/C13H13NO4S2/c1-8-4-3-5-10(9(8)2)14-20(17,18)11-6-7-19-12(11)13(15)16/h3-7,14H,1-2H3,(H,15,16). The van der Waals surface area contributed by atoms with E-state index >= 15 is 0 Å². The number of sulfonamides is 1. The van der Waals surface area contributed by atoms with Gasteiger partial charge >= 0.3 is 5.97 Å². The number of hydrogen-bond acceptors (Lipinski definition) is 4. The smallest absolute Gasteiger partial charge is 0.347 e. The molecule has 0 aliphatic carbocycles. The Labute approximate surface area is 120 Å². The number of nitrogens with one attached hydrogen (secondary N) is 1. The van der Waals surface area contributed by atoms with Crippen LogP contribution in [0, 0.1) is 13.8 Å². The minimum Gasteiger partial charge on any atom is -0.477 e. The molecule has 7 heteroatoms. The first-order valence-electron chi connectivity index (χ1n) is 5.73. The highest BCUT2D eigenvalue weighted by molar-refractivity contribution is 7.93. The Morgan fingerprint density at radius 2 is 1.95 bits per heavy atom. The Bertz CT molecular complexity index is 762. The molecule has 0 aliphatic heterocycles. The molecule has 0 saturated heterocycles. The number of benzene rings is 1. The quantitative estimate of drug-likeness (QED) is 0.909. The van der Waals surface area contributed by atoms with Crippen molar-refractivity contribution in [2.24, 2.45) is 0 Å². The van der Waals surface area contributed by atoms with Gasteiger partial charge in [0.2, 0.25) is 0 Å². The largest absolute Gasteiger partial charge is 0.477 e. The molecule has 2 N–H and O–H groups in total. The van der Waals surface area contributed by atoms with Crippen molar-refractivity contribution in [2.45, 2.75) is 18.7 Å². The van der Waals surface area contributed by atoms with E-state index in [2.05, 4.69) is 4.72 Å². The lowest BCUT2D eigenvalue weighted by Crippen LogP contribution is -2.16. The van der Waals surface area contributed by atoms with Crippen molar-refractivity contribution in [3.05, 3.63) is 45.6 Å². The van der Waals surface area contributed by atoms with Gasteiger partial charge in [0, 0.05) is 0 Å². The number of aromatic carboxylic acids is 1. The maximum atomic E-state index is 12.3. The van der Waals surface area contributed by atoms with Crippen LogP contribution in [-0.4, -0.2) is 19.5 Å². The van der Waals surface area contributed by atoms with Gasteiger partial charge in [0.15, 0.2) is 0 Å². The van der Waals surface area contributed by atoms with Crippen molar-refractivity contribution in [3.8, 4) is 0 Å². The average Bonchev–Trinajstić information content (AvgIpc) is 2.85. The van der Waals surface area contributed by atoms with Crippen LogP contribution in [0.1, 0.15) is 20.8 Å². The van der Waals surface area contributed by atoms with E-state index in [1.807, 2.05) is 13.0 Å². The molecule has 0 amide bonds. The second kappa shape index (κ2) is 5.26. The molecule has 0 radical (unpaired) electrons. The van der Waals surface area contributed by atoms with Crippen molar-refractivity contribution in [2.75, 3.05) is 4.72 Å². The van der Waals surface area contributed by atoms with Crippen molar-refractivity contribution in [3.63, 3.8) is 0 Å². The van der Waals surface area contributed by atoms with E-state index in [-0.39, 0.29) is 9.77 Å². The van der Waals surface area contributed by atoms with Crippen molar-refractivity contribution >= 4 is 33.0 Å². The highest BCUT2D eigenvalue weighted by atomic mass is 32.2. The monoisotopic (exact) mass is 311 g/mol. The molecule has 0 fully saturated rings. The van der Waals surface area contributed by atoms with Crippen LogP contribution < -0.4 is 4.72 Å². The lowest BCUT2D eigenvalue weighted by molar-refractivity contribution is 0.0698. The van der Waals surface area contributed by atoms with Gasteiger partial charge < -0.3 is 5.11 Å². The van der Waals surface area contributed by atoms with Crippen LogP contribution in [0.2, 0.25) is 0 Å². The van der Waals surface area contributed by atoms with Gasteiger partial charge in [0.1, 0.15) is 9.77 Å². The summed E-state index contributed by atoms with van der Waals surface area (Å²) in [6.07, 6.45) is 0. The van der Waals surface area contributed by atoms with E-state index in [4.69, 9.17) is 5.11 Å². The third-order valence-corrected chi connectivity index (χ3v) is 5.40. The zero-order valence-electron chi connectivity index (χ0n) is 10.9. The van der Waals surface area contributed by atoms with Crippen LogP contribution in [0.4, 0.5) is 5.69 Å². The van der Waals surface area contributed by atoms with Gasteiger partial charge in [-0.3, -0.25) is 4.72 Å². The first-order valence-corrected chi connectivity index (χ1v) is 8.09. The third-order valence-electron chi connectivity index (χ3n) is 2.96. The molecular formula is C13H13NO4S2. The second-order valence-electron chi connectivity index (χ2n) is 4.27. The Morgan fingerprint density at radius 1 is 1.25 bits per heavy atom. The van der Waals surface area contributed by atoms with Crippen LogP contribution >= 0.6 is 11.3 Å². The normalized spacial score (nSPS) is 11.3. The molecule has 2 rings (SSSR count). The maximum absolute atomic E-state index is 12.3. The van der Waals surface area contributed by atoms with E-state index in [1.165, 1.54) is 11.4 Å². The summed E-state index contributed by atoms with van der Waals surface area (Å²) >= 11 is 0.884. The molecule has 0 spiro atoms. The van der Waals surface area contributed by atoms with Gasteiger partial charge in [-0.2, -0.15) is 0 Å². The number of hydrogen-bond donors (Lipinski definition) is 2. The average molecular weight is 311 g/mol. The minimum atomic E-state index is -3.91. The number of carboxylic acid groups (broad SMARTS) is 1. The molecule has 5 nitrogen and oxygen atoms in total. The molecule has 1 heterocycles. The number of carbonyl (C=O) groups is 1. The topological polar surface area (TPSA) is 83.5 Å². The molecule has 2 aromatic rings. The number of carboxylic acids is 1. The summed E-state index contributed by atoms with van der Waals surface area (Å²) in [5.41, 5.74) is 2.21. The molecular weight excluding hydrogens is 298 g/mol. The van der Waals surface area contributed by atoms with Gasteiger partial charge in [0.25, 0.3) is 10.0 Å². The highest BCUT2D eigenvalue weighted by Gasteiger charge is 2.24. The van der Waals surface area contributed by atoms with E-state index in [0.717, 1.165) is 22.5 Å². The first-order chi connectivity index (χ1) is 9.33. The van der Waals surface area contributed by atoms with Crippen molar-refractivity contribution < 1.29 is 18.3 Å². The summed E-state index contributed by atoms with van der Waals surface area (Å²) in [6.45, 7) is 3.68. The van der Waals surface area contributed by atoms with Gasteiger partial charge in [-0.25, -0.2) is 13.2 Å². The number of aryl methyl sites for hydroxylation is 1. The lowest BCUT2D eigenvalue weighted by Gasteiger charge is -2.11. The van der Waals surface area contributed by atoms with Crippen LogP contribution in [0.3, 0.4) is 0 Å². The predicted molar refractivity (Wildman–Crippen MR) is 78.0 cm³/mol. The molecule has 20 heavy (non-hydrogen) atoms. The Kier molecular flexibility index (Phi) is 3.82. The van der Waals surface area contributed by atoms with E-state index in [0.29, 0.717) is 5.69 Å². The minimum absolute atomic E-state index is 0.192. The lowest BCUT2D eigenvalue weighted by atomic mass is 10.1. The van der Waals surface area contributed by atoms with Crippen LogP contribution in [0.25, 0.3) is 0 Å². The van der Waals surface area contributed by atoms with Gasteiger partial charge in [-0.15, -0.1) is 11.3 Å². The molecule has 0 saturated carbocycles. The fourth-order valence-electron chi connectivity index (χ4n) is 1.73. The Morgan fingerprint density at radius 3 is 2.60 bits per heavy atom. The highest BCUT2D eigenvalue weighted by Crippen LogP contribution is 2.26. The summed E-state index contributed by atoms with van der Waals surface area (Å²) in [4.78, 5) is 10.6. The predicted octanol–water partition coefficient (Wildman–Crippen LogP) is 2.86. The SMILES string of the molecule is Cc1cccc(NS(=O)(=O)c2ccsc2C(=O)O)c1C. The molecule has 0 aliphatic rings. The van der Waals surface area contributed by atoms with Gasteiger partial charge in [0.05, 0.1) is 5.69 Å². The van der Waals surface area contributed by atoms with Crippen LogP contribution in [0.15, 0.2) is 34.5 Å². The van der Waals surface area contributed by atoms with Crippen molar-refractivity contribution in [1.82, 2.24) is 0 Å².